The number of amides is 1. The molecular weight excluding hydrogens is 432 g/mol. The average molecular weight is 459 g/mol. The Morgan fingerprint density at radius 1 is 1.09 bits per heavy atom. The summed E-state index contributed by atoms with van der Waals surface area (Å²) in [5.41, 5.74) is 0.292. The van der Waals surface area contributed by atoms with Gasteiger partial charge in [0, 0.05) is 31.5 Å². The molecule has 0 spiro atoms. The van der Waals surface area contributed by atoms with E-state index >= 15 is 0 Å². The first kappa shape index (κ1) is 23.1. The van der Waals surface area contributed by atoms with E-state index in [4.69, 9.17) is 9.47 Å². The number of methoxy groups -OCH3 is 2. The Balaban J connectivity index is 1.80. The Hall–Kier alpha value is -3.53. The van der Waals surface area contributed by atoms with E-state index in [0.29, 0.717) is 36.7 Å². The third-order valence-corrected chi connectivity index (χ3v) is 6.54. The van der Waals surface area contributed by atoms with E-state index < -0.39 is 15.9 Å². The molecule has 10 heteroatoms. The summed E-state index contributed by atoms with van der Waals surface area (Å²) >= 11 is 0. The van der Waals surface area contributed by atoms with Gasteiger partial charge in [-0.05, 0) is 30.7 Å². The van der Waals surface area contributed by atoms with Crippen molar-refractivity contribution >= 4 is 21.6 Å². The number of anilines is 1. The number of carbonyl (C=O) groups is 1. The molecule has 0 aliphatic heterocycles. The number of benzene rings is 2. The van der Waals surface area contributed by atoms with Gasteiger partial charge in [0.2, 0.25) is 5.91 Å². The highest BCUT2D eigenvalue weighted by molar-refractivity contribution is 7.92. The zero-order chi connectivity index (χ0) is 23.0. The zero-order valence-corrected chi connectivity index (χ0v) is 18.8. The summed E-state index contributed by atoms with van der Waals surface area (Å²) in [4.78, 5) is 16.7. The molecule has 9 nitrogen and oxygen atoms in total. The van der Waals surface area contributed by atoms with E-state index in [1.165, 1.54) is 32.4 Å². The number of carbonyl (C=O) groups excluding carboxylic acids is 1. The van der Waals surface area contributed by atoms with Crippen molar-refractivity contribution < 1.29 is 22.7 Å². The van der Waals surface area contributed by atoms with E-state index in [0.717, 1.165) is 4.31 Å². The number of ether oxygens (including phenoxy) is 2. The maximum absolute atomic E-state index is 13.4. The molecule has 0 bridgehead atoms. The van der Waals surface area contributed by atoms with Crippen LogP contribution in [0.4, 0.5) is 5.69 Å². The van der Waals surface area contributed by atoms with E-state index in [1.54, 1.807) is 42.9 Å². The van der Waals surface area contributed by atoms with Crippen LogP contribution in [0.1, 0.15) is 6.42 Å². The molecule has 1 heterocycles. The molecule has 3 rings (SSSR count). The summed E-state index contributed by atoms with van der Waals surface area (Å²) in [5.74, 6) is 0.404. The Labute approximate surface area is 187 Å². The third-order valence-electron chi connectivity index (χ3n) is 4.75. The maximum atomic E-state index is 13.4. The molecule has 1 amide bonds. The summed E-state index contributed by atoms with van der Waals surface area (Å²) < 4.78 is 40.3. The Morgan fingerprint density at radius 2 is 1.84 bits per heavy atom. The molecule has 0 fully saturated rings. The number of rotatable bonds is 11. The van der Waals surface area contributed by atoms with Crippen molar-refractivity contribution in [1.29, 1.82) is 0 Å². The largest absolute Gasteiger partial charge is 0.493 e. The number of imidazole rings is 1. The quantitative estimate of drug-likeness (QED) is 0.443. The average Bonchev–Trinajstić information content (AvgIpc) is 3.34. The van der Waals surface area contributed by atoms with Crippen molar-refractivity contribution in [1.82, 2.24) is 14.9 Å². The van der Waals surface area contributed by atoms with E-state index in [9.17, 15) is 13.2 Å². The number of hydrogen-bond acceptors (Lipinski definition) is 6. The van der Waals surface area contributed by atoms with Gasteiger partial charge in [-0.3, -0.25) is 9.10 Å². The van der Waals surface area contributed by atoms with Crippen molar-refractivity contribution in [3.05, 3.63) is 67.3 Å². The fraction of sp³-hybridized carbons (Fsp3) is 0.273. The first-order chi connectivity index (χ1) is 15.5. The van der Waals surface area contributed by atoms with Crippen molar-refractivity contribution in [3.8, 4) is 11.5 Å². The number of nitrogens with zero attached hydrogens (tertiary/aromatic N) is 3. The number of hydrogen-bond donors (Lipinski definition) is 1. The van der Waals surface area contributed by atoms with Gasteiger partial charge in [-0.25, -0.2) is 13.4 Å². The Morgan fingerprint density at radius 3 is 2.50 bits per heavy atom. The molecule has 0 aliphatic carbocycles. The van der Waals surface area contributed by atoms with Crippen molar-refractivity contribution in [2.75, 3.05) is 31.6 Å². The van der Waals surface area contributed by atoms with Crippen LogP contribution in [0.2, 0.25) is 0 Å². The van der Waals surface area contributed by atoms with E-state index in [2.05, 4.69) is 10.3 Å². The van der Waals surface area contributed by atoms with Gasteiger partial charge in [-0.1, -0.05) is 18.2 Å². The molecule has 0 radical (unpaired) electrons. The molecule has 0 unspecified atom stereocenters. The summed E-state index contributed by atoms with van der Waals surface area (Å²) in [7, 11) is -1.04. The lowest BCUT2D eigenvalue weighted by molar-refractivity contribution is -0.119. The minimum Gasteiger partial charge on any atom is -0.493 e. The van der Waals surface area contributed by atoms with Crippen LogP contribution < -0.4 is 19.1 Å². The predicted octanol–water partition coefficient (Wildman–Crippen LogP) is 2.30. The summed E-state index contributed by atoms with van der Waals surface area (Å²) in [6, 6.07) is 12.7. The molecule has 1 aromatic heterocycles. The van der Waals surface area contributed by atoms with E-state index in [1.807, 2.05) is 10.8 Å². The van der Waals surface area contributed by atoms with Crippen LogP contribution in [0.5, 0.6) is 11.5 Å². The van der Waals surface area contributed by atoms with Crippen LogP contribution in [-0.4, -0.2) is 51.2 Å². The molecule has 0 aliphatic rings. The Kier molecular flexibility index (Phi) is 7.72. The van der Waals surface area contributed by atoms with Crippen LogP contribution in [0.15, 0.2) is 72.1 Å². The van der Waals surface area contributed by atoms with Crippen molar-refractivity contribution in [3.63, 3.8) is 0 Å². The maximum Gasteiger partial charge on any atom is 0.264 e. The standard InChI is InChI=1S/C22H26N4O5S/c1-30-20-10-9-18(15-21(20)31-2)26(32(28,29)19-7-4-3-5-8-19)16-22(27)24-11-6-13-25-14-12-23-17-25/h3-5,7-10,12,14-15,17H,6,11,13,16H2,1-2H3,(H,24,27). The lowest BCUT2D eigenvalue weighted by atomic mass is 10.2. The van der Waals surface area contributed by atoms with Gasteiger partial charge in [0.1, 0.15) is 6.54 Å². The minimum absolute atomic E-state index is 0.0858. The number of sulfonamides is 1. The second-order valence-electron chi connectivity index (χ2n) is 6.87. The molecule has 3 aromatic rings. The van der Waals surface area contributed by atoms with Crippen LogP contribution in [0.25, 0.3) is 0 Å². The predicted molar refractivity (Wildman–Crippen MR) is 120 cm³/mol. The summed E-state index contributed by atoms with van der Waals surface area (Å²) in [6.45, 7) is 0.724. The van der Waals surface area contributed by atoms with Crippen molar-refractivity contribution in [2.24, 2.45) is 0 Å². The molecule has 0 atom stereocenters. The summed E-state index contributed by atoms with van der Waals surface area (Å²) in [6.07, 6.45) is 5.91. The first-order valence-electron chi connectivity index (χ1n) is 9.98. The van der Waals surface area contributed by atoms with Gasteiger partial charge in [0.25, 0.3) is 10.0 Å². The number of aryl methyl sites for hydroxylation is 1. The van der Waals surface area contributed by atoms with Crippen LogP contribution in [-0.2, 0) is 21.4 Å². The lowest BCUT2D eigenvalue weighted by Crippen LogP contribution is -2.41. The number of nitrogens with one attached hydrogen (secondary N) is 1. The highest BCUT2D eigenvalue weighted by Gasteiger charge is 2.27. The number of aromatic nitrogens is 2. The lowest BCUT2D eigenvalue weighted by Gasteiger charge is -2.25. The van der Waals surface area contributed by atoms with Gasteiger partial charge in [0.05, 0.1) is 31.1 Å². The Bertz CT molecular complexity index is 1120. The molecule has 0 saturated heterocycles. The van der Waals surface area contributed by atoms with Gasteiger partial charge in [-0.2, -0.15) is 0 Å². The molecule has 170 valence electrons. The first-order valence-corrected chi connectivity index (χ1v) is 11.4. The highest BCUT2D eigenvalue weighted by Crippen LogP contribution is 2.33. The molecular formula is C22H26N4O5S. The van der Waals surface area contributed by atoms with Gasteiger partial charge in [-0.15, -0.1) is 0 Å². The fourth-order valence-electron chi connectivity index (χ4n) is 3.11. The van der Waals surface area contributed by atoms with Gasteiger partial charge >= 0.3 is 0 Å². The van der Waals surface area contributed by atoms with Gasteiger partial charge in [0.15, 0.2) is 11.5 Å². The molecule has 2 aromatic carbocycles. The van der Waals surface area contributed by atoms with Gasteiger partial charge < -0.3 is 19.4 Å². The van der Waals surface area contributed by atoms with Crippen LogP contribution in [0.3, 0.4) is 0 Å². The second-order valence-corrected chi connectivity index (χ2v) is 8.73. The zero-order valence-electron chi connectivity index (χ0n) is 18.0. The van der Waals surface area contributed by atoms with E-state index in [-0.39, 0.29) is 11.4 Å². The minimum atomic E-state index is -4.00. The second kappa shape index (κ2) is 10.7. The highest BCUT2D eigenvalue weighted by atomic mass is 32.2. The van der Waals surface area contributed by atoms with Crippen molar-refractivity contribution in [2.45, 2.75) is 17.9 Å². The SMILES string of the molecule is COc1ccc(N(CC(=O)NCCCn2ccnc2)S(=O)(=O)c2ccccc2)cc1OC. The van der Waals surface area contributed by atoms with Crippen LogP contribution >= 0.6 is 0 Å². The smallest absolute Gasteiger partial charge is 0.264 e. The van der Waals surface area contributed by atoms with Crippen LogP contribution in [0, 0.1) is 0 Å². The molecule has 32 heavy (non-hydrogen) atoms. The topological polar surface area (TPSA) is 103 Å². The third kappa shape index (κ3) is 5.58. The molecule has 1 N–H and O–H groups in total. The molecule has 0 saturated carbocycles. The fourth-order valence-corrected chi connectivity index (χ4v) is 4.54. The monoisotopic (exact) mass is 458 g/mol. The normalized spacial score (nSPS) is 11.1. The summed E-state index contributed by atoms with van der Waals surface area (Å²) in [5, 5.41) is 2.79.